The average molecular weight is 482 g/mol. The molecule has 2 aliphatic heterocycles. The highest BCUT2D eigenvalue weighted by atomic mass is 19.3. The van der Waals surface area contributed by atoms with Gasteiger partial charge in [-0.05, 0) is 30.2 Å². The van der Waals surface area contributed by atoms with E-state index in [0.717, 1.165) is 0 Å². The summed E-state index contributed by atoms with van der Waals surface area (Å²) in [6, 6.07) is 13.0. The van der Waals surface area contributed by atoms with E-state index in [0.29, 0.717) is 21.3 Å². The fourth-order valence-electron chi connectivity index (χ4n) is 5.03. The highest BCUT2D eigenvalue weighted by molar-refractivity contribution is 6.15. The van der Waals surface area contributed by atoms with Gasteiger partial charge in [0.05, 0.1) is 22.3 Å². The smallest absolute Gasteiger partial charge is 0.354 e. The van der Waals surface area contributed by atoms with Crippen molar-refractivity contribution in [2.45, 2.75) is 45.5 Å². The molecule has 0 aliphatic carbocycles. The minimum atomic E-state index is -2.89. The number of hydrogen-bond donors (Lipinski definition) is 0. The first-order chi connectivity index (χ1) is 16.8. The number of alkyl halides is 2. The topological polar surface area (TPSA) is 84.7 Å². The lowest BCUT2D eigenvalue weighted by Crippen LogP contribution is -2.69. The molecule has 8 nitrogen and oxygen atoms in total. The molecule has 1 unspecified atom stereocenters. The molecule has 0 bridgehead atoms. The predicted molar refractivity (Wildman–Crippen MR) is 123 cm³/mol. The van der Waals surface area contributed by atoms with Crippen LogP contribution in [0, 0.1) is 5.92 Å². The average Bonchev–Trinajstić information content (AvgIpc) is 3.38. The van der Waals surface area contributed by atoms with Crippen LogP contribution in [0.25, 0.3) is 11.0 Å². The Morgan fingerprint density at radius 3 is 2.57 bits per heavy atom. The molecular formula is C25H24F2N4O4. The zero-order chi connectivity index (χ0) is 24.9. The van der Waals surface area contributed by atoms with Gasteiger partial charge in [0.1, 0.15) is 6.61 Å². The van der Waals surface area contributed by atoms with Crippen LogP contribution in [0.1, 0.15) is 49.4 Å². The second kappa shape index (κ2) is 8.44. The van der Waals surface area contributed by atoms with E-state index in [9.17, 15) is 23.2 Å². The van der Waals surface area contributed by atoms with Crippen LogP contribution in [0.4, 0.5) is 14.5 Å². The molecule has 0 saturated carbocycles. The number of fused-ring (bicyclic) bond motifs is 4. The number of hydrogen-bond acceptors (Lipinski definition) is 5. The van der Waals surface area contributed by atoms with Crippen LogP contribution >= 0.6 is 0 Å². The van der Waals surface area contributed by atoms with Gasteiger partial charge in [0.2, 0.25) is 11.6 Å². The molecule has 0 radical (unpaired) electrons. The molecule has 1 fully saturated rings. The monoisotopic (exact) mass is 482 g/mol. The molecule has 182 valence electrons. The molecule has 35 heavy (non-hydrogen) atoms. The number of anilines is 1. The van der Waals surface area contributed by atoms with E-state index in [2.05, 4.69) is 4.98 Å². The summed E-state index contributed by atoms with van der Waals surface area (Å²) in [6.07, 6.45) is 0.0869. The summed E-state index contributed by atoms with van der Waals surface area (Å²) in [5.41, 5.74) is -0.456. The Hall–Kier alpha value is -3.82. The lowest BCUT2D eigenvalue weighted by molar-refractivity contribution is -0.159. The van der Waals surface area contributed by atoms with Crippen LogP contribution in [-0.4, -0.2) is 44.4 Å². The molecule has 0 N–H and O–H groups in total. The van der Waals surface area contributed by atoms with Gasteiger partial charge >= 0.3 is 12.5 Å². The second-order valence-corrected chi connectivity index (χ2v) is 9.11. The number of amides is 2. The Bertz CT molecular complexity index is 1340. The maximum absolute atomic E-state index is 13.8. The van der Waals surface area contributed by atoms with E-state index in [1.54, 1.807) is 42.5 Å². The van der Waals surface area contributed by atoms with Crippen LogP contribution in [-0.2, 0) is 20.9 Å². The molecule has 1 aromatic heterocycles. The third kappa shape index (κ3) is 3.46. The molecule has 3 heterocycles. The fraction of sp³-hybridized carbons (Fsp3) is 0.360. The first-order valence-electron chi connectivity index (χ1n) is 11.4. The third-order valence-electron chi connectivity index (χ3n) is 6.44. The van der Waals surface area contributed by atoms with Crippen molar-refractivity contribution < 1.29 is 27.9 Å². The Morgan fingerprint density at radius 1 is 1.11 bits per heavy atom. The van der Waals surface area contributed by atoms with Gasteiger partial charge in [-0.2, -0.15) is 8.78 Å². The van der Waals surface area contributed by atoms with Crippen LogP contribution in [0.2, 0.25) is 0 Å². The summed E-state index contributed by atoms with van der Waals surface area (Å²) in [5, 5.41) is 0. The van der Waals surface area contributed by atoms with Gasteiger partial charge < -0.3 is 9.64 Å². The van der Waals surface area contributed by atoms with Crippen molar-refractivity contribution in [3.05, 3.63) is 59.9 Å². The van der Waals surface area contributed by atoms with Crippen molar-refractivity contribution in [1.29, 1.82) is 0 Å². The molecule has 2 amide bonds. The van der Waals surface area contributed by atoms with E-state index in [-0.39, 0.29) is 48.5 Å². The molecule has 2 aromatic carbocycles. The Kier molecular flexibility index (Phi) is 5.53. The summed E-state index contributed by atoms with van der Waals surface area (Å²) in [5.74, 6) is -1.67. The molecule has 1 saturated heterocycles. The van der Waals surface area contributed by atoms with E-state index in [4.69, 9.17) is 4.74 Å². The Balaban J connectivity index is 1.55. The van der Waals surface area contributed by atoms with Crippen molar-refractivity contribution in [1.82, 2.24) is 14.5 Å². The number of esters is 1. The van der Waals surface area contributed by atoms with Gasteiger partial charge in [-0.3, -0.25) is 19.1 Å². The molecule has 0 spiro atoms. The zero-order valence-electron chi connectivity index (χ0n) is 19.3. The molecule has 3 aromatic rings. The third-order valence-corrected chi connectivity index (χ3v) is 6.44. The first kappa shape index (κ1) is 22.9. The van der Waals surface area contributed by atoms with Crippen molar-refractivity contribution in [2.24, 2.45) is 5.92 Å². The van der Waals surface area contributed by atoms with Crippen molar-refractivity contribution in [3.8, 4) is 0 Å². The number of aromatic nitrogens is 2. The van der Waals surface area contributed by atoms with E-state index >= 15 is 0 Å². The van der Waals surface area contributed by atoms with E-state index in [1.165, 1.54) is 15.9 Å². The van der Waals surface area contributed by atoms with Crippen molar-refractivity contribution >= 4 is 34.5 Å². The van der Waals surface area contributed by atoms with Gasteiger partial charge in [-0.1, -0.05) is 38.1 Å². The fourth-order valence-corrected chi connectivity index (χ4v) is 5.03. The summed E-state index contributed by atoms with van der Waals surface area (Å²) in [6.45, 7) is 0.589. The van der Waals surface area contributed by atoms with Gasteiger partial charge in [0.25, 0.3) is 5.91 Å². The number of carbonyl (C=O) groups excluding carboxylic acids is 3. The first-order valence-corrected chi connectivity index (χ1v) is 11.4. The highest BCUT2D eigenvalue weighted by Crippen LogP contribution is 2.45. The number of rotatable bonds is 6. The number of carbonyl (C=O) groups is 3. The standard InChI is InChI=1S/C25H24F2N4O4/c1-15(2)13-29-22(33)16-7-3-5-9-18(16)31-21(32)11-12-25(29,31)23(34)35-14-20-28-17-8-4-6-10-19(17)30(20)24(26)27/h3-10,15,24H,11-14H2,1-2H3. The number of halogens is 2. The van der Waals surface area contributed by atoms with Crippen LogP contribution in [0.15, 0.2) is 48.5 Å². The summed E-state index contributed by atoms with van der Waals surface area (Å²) < 4.78 is 34.0. The lowest BCUT2D eigenvalue weighted by Gasteiger charge is -2.48. The van der Waals surface area contributed by atoms with Gasteiger partial charge in [0, 0.05) is 19.4 Å². The van der Waals surface area contributed by atoms with E-state index in [1.807, 2.05) is 13.8 Å². The second-order valence-electron chi connectivity index (χ2n) is 9.11. The summed E-state index contributed by atoms with van der Waals surface area (Å²) >= 11 is 0. The Labute approximate surface area is 200 Å². The minimum absolute atomic E-state index is 0.00512. The van der Waals surface area contributed by atoms with Gasteiger partial charge in [-0.15, -0.1) is 0 Å². The van der Waals surface area contributed by atoms with Crippen LogP contribution in [0.5, 0.6) is 0 Å². The highest BCUT2D eigenvalue weighted by Gasteiger charge is 2.62. The van der Waals surface area contributed by atoms with E-state index < -0.39 is 24.8 Å². The molecule has 5 rings (SSSR count). The molecule has 10 heteroatoms. The van der Waals surface area contributed by atoms with Gasteiger partial charge in [0.15, 0.2) is 5.82 Å². The quantitative estimate of drug-likeness (QED) is 0.494. The van der Waals surface area contributed by atoms with Crippen LogP contribution < -0.4 is 4.90 Å². The predicted octanol–water partition coefficient (Wildman–Crippen LogP) is 4.11. The SMILES string of the molecule is CC(C)CN1C(=O)c2ccccc2N2C(=O)CCC12C(=O)OCc1nc2ccccc2n1C(F)F. The number of ether oxygens (including phenoxy) is 1. The maximum atomic E-state index is 13.8. The zero-order valence-corrected chi connectivity index (χ0v) is 19.3. The minimum Gasteiger partial charge on any atom is -0.454 e. The largest absolute Gasteiger partial charge is 0.454 e. The van der Waals surface area contributed by atoms with Gasteiger partial charge in [-0.25, -0.2) is 9.78 Å². The Morgan fingerprint density at radius 2 is 1.83 bits per heavy atom. The number of para-hydroxylation sites is 3. The molecule has 1 atom stereocenters. The number of imidazole rings is 1. The molecule has 2 aliphatic rings. The van der Waals surface area contributed by atoms with Crippen molar-refractivity contribution in [3.63, 3.8) is 0 Å². The maximum Gasteiger partial charge on any atom is 0.354 e. The van der Waals surface area contributed by atoms with Crippen LogP contribution in [0.3, 0.4) is 0 Å². The summed E-state index contributed by atoms with van der Waals surface area (Å²) in [7, 11) is 0. The van der Waals surface area contributed by atoms with Crippen molar-refractivity contribution in [2.75, 3.05) is 11.4 Å². The molecular weight excluding hydrogens is 458 g/mol. The summed E-state index contributed by atoms with van der Waals surface area (Å²) in [4.78, 5) is 47.2. The lowest BCUT2D eigenvalue weighted by atomic mass is 9.95. The number of benzene rings is 2. The number of nitrogens with zero attached hydrogens (tertiary/aromatic N) is 4. The normalized spacial score (nSPS) is 19.6.